The van der Waals surface area contributed by atoms with Gasteiger partial charge < -0.3 is 9.52 Å². The van der Waals surface area contributed by atoms with Gasteiger partial charge in [-0.3, -0.25) is 4.79 Å². The van der Waals surface area contributed by atoms with Gasteiger partial charge in [-0.05, 0) is 61.9 Å². The van der Waals surface area contributed by atoms with Crippen LogP contribution in [-0.2, 0) is 4.79 Å². The molecule has 31 heavy (non-hydrogen) atoms. The molecule has 4 rings (SSSR count). The largest absolute Gasteiger partial charge is 0.478 e. The minimum absolute atomic E-state index is 0.0822. The standard InChI is InChI=1S/C23H16Cl2N2O4/c1-12-16(4-3-5-19(12)24)21-9-7-15(31-21)11-17-13(2)26-27(22(17)28)14-6-8-20(25)18(10-14)23(29)30/h3-11H,1-2H3,(H,29,30)/b17-11-. The Kier molecular flexibility index (Phi) is 5.43. The number of nitrogens with zero attached hydrogens (tertiary/aromatic N) is 2. The minimum atomic E-state index is -1.19. The maximum Gasteiger partial charge on any atom is 0.337 e. The normalized spacial score (nSPS) is 15.0. The zero-order chi connectivity index (χ0) is 22.3. The number of carboxylic acids is 1. The van der Waals surface area contributed by atoms with Gasteiger partial charge in [0.2, 0.25) is 0 Å². The van der Waals surface area contributed by atoms with Gasteiger partial charge in [0.1, 0.15) is 11.5 Å². The lowest BCUT2D eigenvalue weighted by Gasteiger charge is -2.12. The van der Waals surface area contributed by atoms with Crippen molar-refractivity contribution in [3.05, 3.63) is 81.0 Å². The number of hydrazone groups is 1. The molecule has 1 aromatic heterocycles. The zero-order valence-corrected chi connectivity index (χ0v) is 18.0. The number of benzene rings is 2. The Morgan fingerprint density at radius 3 is 2.61 bits per heavy atom. The molecule has 0 radical (unpaired) electrons. The predicted octanol–water partition coefficient (Wildman–Crippen LogP) is 6.07. The molecule has 0 aliphatic carbocycles. The second-order valence-corrected chi connectivity index (χ2v) is 7.76. The lowest BCUT2D eigenvalue weighted by atomic mass is 10.1. The highest BCUT2D eigenvalue weighted by Crippen LogP contribution is 2.32. The summed E-state index contributed by atoms with van der Waals surface area (Å²) in [5.41, 5.74) is 2.79. The molecule has 0 spiro atoms. The first-order valence-electron chi connectivity index (χ1n) is 9.26. The SMILES string of the molecule is CC1=NN(c2ccc(Cl)c(C(=O)O)c2)C(=O)/C1=C\c1ccc(-c2cccc(Cl)c2C)o1. The van der Waals surface area contributed by atoms with Crippen molar-refractivity contribution >= 4 is 52.6 Å². The Balaban J connectivity index is 1.65. The highest BCUT2D eigenvalue weighted by Gasteiger charge is 2.30. The number of aromatic carboxylic acids is 1. The first-order chi connectivity index (χ1) is 14.8. The average molecular weight is 455 g/mol. The van der Waals surface area contributed by atoms with Gasteiger partial charge in [-0.1, -0.05) is 35.3 Å². The summed E-state index contributed by atoms with van der Waals surface area (Å²) in [6.45, 7) is 3.60. The fraction of sp³-hybridized carbons (Fsp3) is 0.0870. The van der Waals surface area contributed by atoms with Crippen LogP contribution < -0.4 is 5.01 Å². The van der Waals surface area contributed by atoms with Gasteiger partial charge in [0.25, 0.3) is 5.91 Å². The van der Waals surface area contributed by atoms with Crippen LogP contribution in [0.4, 0.5) is 5.69 Å². The van der Waals surface area contributed by atoms with Crippen LogP contribution >= 0.6 is 23.2 Å². The second-order valence-electron chi connectivity index (χ2n) is 6.94. The van der Waals surface area contributed by atoms with E-state index in [2.05, 4.69) is 5.10 Å². The molecule has 1 amide bonds. The molecule has 3 aromatic rings. The Morgan fingerprint density at radius 1 is 1.10 bits per heavy atom. The van der Waals surface area contributed by atoms with E-state index in [0.29, 0.717) is 33.5 Å². The fourth-order valence-corrected chi connectivity index (χ4v) is 3.63. The smallest absolute Gasteiger partial charge is 0.337 e. The van der Waals surface area contributed by atoms with E-state index in [0.717, 1.165) is 16.1 Å². The van der Waals surface area contributed by atoms with Crippen molar-refractivity contribution in [1.82, 2.24) is 0 Å². The van der Waals surface area contributed by atoms with E-state index >= 15 is 0 Å². The summed E-state index contributed by atoms with van der Waals surface area (Å²) in [6.07, 6.45) is 1.61. The van der Waals surface area contributed by atoms with Gasteiger partial charge >= 0.3 is 5.97 Å². The van der Waals surface area contributed by atoms with Crippen molar-refractivity contribution in [2.75, 3.05) is 5.01 Å². The molecule has 2 heterocycles. The lowest BCUT2D eigenvalue weighted by Crippen LogP contribution is -2.21. The Hall–Kier alpha value is -3.35. The third-order valence-corrected chi connectivity index (χ3v) is 5.67. The van der Waals surface area contributed by atoms with Gasteiger partial charge in [-0.15, -0.1) is 0 Å². The molecule has 1 N–H and O–H groups in total. The molecule has 0 atom stereocenters. The van der Waals surface area contributed by atoms with Crippen LogP contribution in [0.25, 0.3) is 17.4 Å². The van der Waals surface area contributed by atoms with Crippen molar-refractivity contribution in [3.8, 4) is 11.3 Å². The van der Waals surface area contributed by atoms with E-state index in [4.69, 9.17) is 27.6 Å². The lowest BCUT2D eigenvalue weighted by molar-refractivity contribution is -0.114. The van der Waals surface area contributed by atoms with E-state index in [9.17, 15) is 14.7 Å². The highest BCUT2D eigenvalue weighted by atomic mass is 35.5. The van der Waals surface area contributed by atoms with Crippen molar-refractivity contribution in [2.24, 2.45) is 5.10 Å². The first-order valence-corrected chi connectivity index (χ1v) is 10.0. The molecule has 1 aliphatic rings. The van der Waals surface area contributed by atoms with Gasteiger partial charge in [-0.2, -0.15) is 10.1 Å². The van der Waals surface area contributed by atoms with Gasteiger partial charge in [0, 0.05) is 10.6 Å². The summed E-state index contributed by atoms with van der Waals surface area (Å²) in [4.78, 5) is 24.3. The van der Waals surface area contributed by atoms with Crippen LogP contribution in [0, 0.1) is 6.92 Å². The number of hydrogen-bond donors (Lipinski definition) is 1. The van der Waals surface area contributed by atoms with Gasteiger partial charge in [-0.25, -0.2) is 4.79 Å². The van der Waals surface area contributed by atoms with E-state index < -0.39 is 11.9 Å². The number of amides is 1. The first kappa shape index (κ1) is 20.9. The minimum Gasteiger partial charge on any atom is -0.478 e. The number of hydrogen-bond acceptors (Lipinski definition) is 4. The Bertz CT molecular complexity index is 1290. The van der Waals surface area contributed by atoms with E-state index in [1.807, 2.05) is 31.2 Å². The number of halogens is 2. The van der Waals surface area contributed by atoms with E-state index in [-0.39, 0.29) is 10.6 Å². The molecule has 0 fully saturated rings. The van der Waals surface area contributed by atoms with Crippen molar-refractivity contribution < 1.29 is 19.1 Å². The highest BCUT2D eigenvalue weighted by molar-refractivity contribution is 6.34. The number of rotatable bonds is 4. The van der Waals surface area contributed by atoms with Crippen LogP contribution in [0.3, 0.4) is 0 Å². The van der Waals surface area contributed by atoms with Crippen LogP contribution in [0.2, 0.25) is 10.0 Å². The van der Waals surface area contributed by atoms with Gasteiger partial charge in [0.05, 0.1) is 27.6 Å². The average Bonchev–Trinajstić information content (AvgIpc) is 3.30. The summed E-state index contributed by atoms with van der Waals surface area (Å²) in [6, 6.07) is 13.4. The molecular formula is C23H16Cl2N2O4. The van der Waals surface area contributed by atoms with Crippen LogP contribution in [0.15, 0.2) is 63.6 Å². The van der Waals surface area contributed by atoms with Crippen LogP contribution in [-0.4, -0.2) is 22.7 Å². The molecule has 8 heteroatoms. The second kappa shape index (κ2) is 8.06. The summed E-state index contributed by atoms with van der Waals surface area (Å²) in [5, 5.41) is 15.4. The third-order valence-electron chi connectivity index (χ3n) is 4.93. The molecule has 156 valence electrons. The van der Waals surface area contributed by atoms with Crippen LogP contribution in [0.1, 0.15) is 28.6 Å². The summed E-state index contributed by atoms with van der Waals surface area (Å²) < 4.78 is 5.92. The summed E-state index contributed by atoms with van der Waals surface area (Å²) in [5.74, 6) is -0.466. The van der Waals surface area contributed by atoms with E-state index in [1.54, 1.807) is 25.1 Å². The van der Waals surface area contributed by atoms with Crippen molar-refractivity contribution in [2.45, 2.75) is 13.8 Å². The molecule has 0 saturated heterocycles. The molecule has 1 aliphatic heterocycles. The molecule has 0 bridgehead atoms. The summed E-state index contributed by atoms with van der Waals surface area (Å²) >= 11 is 12.1. The quantitative estimate of drug-likeness (QED) is 0.485. The van der Waals surface area contributed by atoms with Crippen molar-refractivity contribution in [3.63, 3.8) is 0 Å². The molecule has 0 saturated carbocycles. The molecule has 0 unspecified atom stereocenters. The monoisotopic (exact) mass is 454 g/mol. The third kappa shape index (κ3) is 3.87. The maximum absolute atomic E-state index is 13.0. The molecule has 6 nitrogen and oxygen atoms in total. The number of anilines is 1. The summed E-state index contributed by atoms with van der Waals surface area (Å²) in [7, 11) is 0. The van der Waals surface area contributed by atoms with E-state index in [1.165, 1.54) is 12.1 Å². The topological polar surface area (TPSA) is 83.1 Å². The van der Waals surface area contributed by atoms with Crippen LogP contribution in [0.5, 0.6) is 0 Å². The number of carbonyl (C=O) groups excluding carboxylic acids is 1. The van der Waals surface area contributed by atoms with Crippen molar-refractivity contribution in [1.29, 1.82) is 0 Å². The maximum atomic E-state index is 13.0. The molecular weight excluding hydrogens is 439 g/mol. The number of carboxylic acid groups (broad SMARTS) is 1. The fourth-order valence-electron chi connectivity index (χ4n) is 3.26. The zero-order valence-electron chi connectivity index (χ0n) is 16.5. The number of carbonyl (C=O) groups is 2. The number of furan rings is 1. The predicted molar refractivity (Wildman–Crippen MR) is 121 cm³/mol. The Morgan fingerprint density at radius 2 is 1.87 bits per heavy atom. The molecule has 2 aromatic carbocycles. The van der Waals surface area contributed by atoms with Gasteiger partial charge in [0.15, 0.2) is 0 Å². The Labute approximate surface area is 188 Å².